The molecule has 0 heterocycles. The highest BCUT2D eigenvalue weighted by Gasteiger charge is 2.21. The zero-order chi connectivity index (χ0) is 14.7. The molecular formula is C17H21ClN2O2. The monoisotopic (exact) mass is 320 g/mol. The Morgan fingerprint density at radius 3 is 2.64 bits per heavy atom. The molecule has 0 spiro atoms. The number of amides is 1. The van der Waals surface area contributed by atoms with Crippen molar-refractivity contribution in [1.29, 1.82) is 0 Å². The van der Waals surface area contributed by atoms with Crippen LogP contribution in [0.25, 0.3) is 10.8 Å². The fourth-order valence-electron chi connectivity index (χ4n) is 2.33. The molecule has 1 amide bonds. The van der Waals surface area contributed by atoms with E-state index in [-0.39, 0.29) is 24.9 Å². The van der Waals surface area contributed by atoms with Crippen LogP contribution in [0.15, 0.2) is 42.5 Å². The van der Waals surface area contributed by atoms with Crippen molar-refractivity contribution in [3.05, 3.63) is 48.0 Å². The summed E-state index contributed by atoms with van der Waals surface area (Å²) in [6.45, 7) is 0.568. The van der Waals surface area contributed by atoms with Gasteiger partial charge in [0.05, 0.1) is 12.6 Å². The molecule has 0 aromatic heterocycles. The Morgan fingerprint density at radius 1 is 1.18 bits per heavy atom. The van der Waals surface area contributed by atoms with Gasteiger partial charge in [-0.15, -0.1) is 12.4 Å². The molecule has 0 saturated heterocycles. The van der Waals surface area contributed by atoms with Gasteiger partial charge < -0.3 is 15.7 Å². The third-order valence-electron chi connectivity index (χ3n) is 3.78. The average Bonchev–Trinajstić information content (AvgIpc) is 3.34. The molecule has 1 aliphatic carbocycles. The predicted octanol–water partition coefficient (Wildman–Crippen LogP) is 2.16. The molecule has 1 fully saturated rings. The summed E-state index contributed by atoms with van der Waals surface area (Å²) in [6.07, 6.45) is 1.64. The van der Waals surface area contributed by atoms with Crippen LogP contribution in [-0.2, 0) is 4.79 Å². The van der Waals surface area contributed by atoms with Gasteiger partial charge in [-0.2, -0.15) is 0 Å². The van der Waals surface area contributed by atoms with Crippen LogP contribution >= 0.6 is 12.4 Å². The van der Waals surface area contributed by atoms with Crippen molar-refractivity contribution in [1.82, 2.24) is 10.6 Å². The first-order chi connectivity index (χ1) is 10.2. The first-order valence-electron chi connectivity index (χ1n) is 7.39. The Bertz CT molecular complexity index is 643. The standard InChI is InChI=1S/C17H20N2O2.ClH/c20-16(10-19-17(21)11-18-15-7-8-15)14-6-5-12-3-1-2-4-13(12)9-14;/h1-6,9,15-16,18,20H,7-8,10-11H2,(H,19,21);1H. The number of rotatable bonds is 6. The van der Waals surface area contributed by atoms with Crippen LogP contribution in [0.3, 0.4) is 0 Å². The van der Waals surface area contributed by atoms with E-state index in [9.17, 15) is 9.90 Å². The maximum atomic E-state index is 11.6. The summed E-state index contributed by atoms with van der Waals surface area (Å²) in [6, 6.07) is 14.4. The van der Waals surface area contributed by atoms with Crippen molar-refractivity contribution in [3.63, 3.8) is 0 Å². The number of hydrogen-bond donors (Lipinski definition) is 3. The van der Waals surface area contributed by atoms with E-state index in [1.807, 2.05) is 42.5 Å². The number of halogens is 1. The summed E-state index contributed by atoms with van der Waals surface area (Å²) in [5.74, 6) is -0.0678. The van der Waals surface area contributed by atoms with E-state index in [1.165, 1.54) is 0 Å². The highest BCUT2D eigenvalue weighted by atomic mass is 35.5. The molecule has 1 atom stereocenters. The molecule has 118 valence electrons. The lowest BCUT2D eigenvalue weighted by Gasteiger charge is -2.13. The summed E-state index contributed by atoms with van der Waals surface area (Å²) in [7, 11) is 0. The minimum Gasteiger partial charge on any atom is -0.387 e. The smallest absolute Gasteiger partial charge is 0.234 e. The zero-order valence-electron chi connectivity index (χ0n) is 12.3. The first-order valence-corrected chi connectivity index (χ1v) is 7.39. The van der Waals surface area contributed by atoms with E-state index in [0.29, 0.717) is 12.6 Å². The van der Waals surface area contributed by atoms with E-state index in [2.05, 4.69) is 10.6 Å². The topological polar surface area (TPSA) is 61.4 Å². The zero-order valence-corrected chi connectivity index (χ0v) is 13.1. The molecule has 0 radical (unpaired) electrons. The maximum absolute atomic E-state index is 11.6. The quantitative estimate of drug-likeness (QED) is 0.764. The number of hydrogen-bond acceptors (Lipinski definition) is 3. The van der Waals surface area contributed by atoms with Crippen LogP contribution in [0.5, 0.6) is 0 Å². The molecule has 3 rings (SSSR count). The van der Waals surface area contributed by atoms with Crippen molar-refractivity contribution in [3.8, 4) is 0 Å². The third kappa shape index (κ3) is 4.44. The first kappa shape index (κ1) is 16.7. The fourth-order valence-corrected chi connectivity index (χ4v) is 2.33. The largest absolute Gasteiger partial charge is 0.387 e. The van der Waals surface area contributed by atoms with Gasteiger partial charge >= 0.3 is 0 Å². The summed E-state index contributed by atoms with van der Waals surface area (Å²) in [4.78, 5) is 11.6. The summed E-state index contributed by atoms with van der Waals surface area (Å²) in [5.41, 5.74) is 0.823. The highest BCUT2D eigenvalue weighted by Crippen LogP contribution is 2.20. The number of carbonyl (C=O) groups is 1. The van der Waals surface area contributed by atoms with Crippen molar-refractivity contribution in [2.75, 3.05) is 13.1 Å². The SMILES string of the molecule is Cl.O=C(CNC1CC1)NCC(O)c1ccc2ccccc2c1. The van der Waals surface area contributed by atoms with Crippen molar-refractivity contribution in [2.24, 2.45) is 0 Å². The van der Waals surface area contributed by atoms with Gasteiger partial charge in [-0.25, -0.2) is 0 Å². The van der Waals surface area contributed by atoms with Gasteiger partial charge in [-0.05, 0) is 35.2 Å². The second-order valence-corrected chi connectivity index (χ2v) is 5.58. The Labute approximate surface area is 136 Å². The van der Waals surface area contributed by atoms with Gasteiger partial charge in [0.15, 0.2) is 0 Å². The van der Waals surface area contributed by atoms with Crippen molar-refractivity contribution in [2.45, 2.75) is 25.0 Å². The molecule has 1 saturated carbocycles. The van der Waals surface area contributed by atoms with Gasteiger partial charge in [0.25, 0.3) is 0 Å². The third-order valence-corrected chi connectivity index (χ3v) is 3.78. The van der Waals surface area contributed by atoms with E-state index in [0.717, 1.165) is 29.2 Å². The van der Waals surface area contributed by atoms with E-state index in [1.54, 1.807) is 0 Å². The van der Waals surface area contributed by atoms with Crippen LogP contribution in [-0.4, -0.2) is 30.1 Å². The van der Waals surface area contributed by atoms with Crippen LogP contribution in [0.1, 0.15) is 24.5 Å². The maximum Gasteiger partial charge on any atom is 0.234 e. The highest BCUT2D eigenvalue weighted by molar-refractivity contribution is 5.85. The molecule has 0 bridgehead atoms. The molecule has 22 heavy (non-hydrogen) atoms. The number of carbonyl (C=O) groups excluding carboxylic acids is 1. The van der Waals surface area contributed by atoms with Gasteiger partial charge in [0.1, 0.15) is 0 Å². The summed E-state index contributed by atoms with van der Waals surface area (Å²) in [5, 5.41) is 18.3. The molecule has 5 heteroatoms. The van der Waals surface area contributed by atoms with Gasteiger partial charge in [0.2, 0.25) is 5.91 Å². The van der Waals surface area contributed by atoms with Gasteiger partial charge in [-0.1, -0.05) is 36.4 Å². The van der Waals surface area contributed by atoms with Crippen molar-refractivity contribution >= 4 is 29.1 Å². The van der Waals surface area contributed by atoms with E-state index in [4.69, 9.17) is 0 Å². The molecule has 1 aliphatic rings. The van der Waals surface area contributed by atoms with Crippen LogP contribution < -0.4 is 10.6 Å². The van der Waals surface area contributed by atoms with Gasteiger partial charge in [0, 0.05) is 12.6 Å². The molecular weight excluding hydrogens is 300 g/mol. The van der Waals surface area contributed by atoms with Gasteiger partial charge in [-0.3, -0.25) is 4.79 Å². The number of aliphatic hydroxyl groups excluding tert-OH is 1. The van der Waals surface area contributed by atoms with Crippen LogP contribution in [0.2, 0.25) is 0 Å². The Balaban J connectivity index is 0.00000176. The number of aliphatic hydroxyl groups is 1. The number of benzene rings is 2. The van der Waals surface area contributed by atoms with Crippen LogP contribution in [0, 0.1) is 0 Å². The lowest BCUT2D eigenvalue weighted by Crippen LogP contribution is -2.36. The molecule has 0 aliphatic heterocycles. The second kappa shape index (κ2) is 7.58. The Morgan fingerprint density at radius 2 is 1.91 bits per heavy atom. The van der Waals surface area contributed by atoms with Crippen LogP contribution in [0.4, 0.5) is 0 Å². The fraction of sp³-hybridized carbons (Fsp3) is 0.353. The minimum absolute atomic E-state index is 0. The normalized spacial score (nSPS) is 15.1. The summed E-state index contributed by atoms with van der Waals surface area (Å²) < 4.78 is 0. The summed E-state index contributed by atoms with van der Waals surface area (Å²) >= 11 is 0. The molecule has 2 aromatic rings. The van der Waals surface area contributed by atoms with Crippen molar-refractivity contribution < 1.29 is 9.90 Å². The molecule has 3 N–H and O–H groups in total. The lowest BCUT2D eigenvalue weighted by atomic mass is 10.0. The molecule has 1 unspecified atom stereocenters. The average molecular weight is 321 g/mol. The van der Waals surface area contributed by atoms with E-state index >= 15 is 0 Å². The molecule has 2 aromatic carbocycles. The molecule has 4 nitrogen and oxygen atoms in total. The minimum atomic E-state index is -0.681. The number of nitrogens with one attached hydrogen (secondary N) is 2. The Hall–Kier alpha value is -1.62. The second-order valence-electron chi connectivity index (χ2n) is 5.58. The number of fused-ring (bicyclic) bond motifs is 1. The Kier molecular flexibility index (Phi) is 5.77. The predicted molar refractivity (Wildman–Crippen MR) is 90.2 cm³/mol. The lowest BCUT2D eigenvalue weighted by molar-refractivity contribution is -0.120. The van der Waals surface area contributed by atoms with E-state index < -0.39 is 6.10 Å².